The van der Waals surface area contributed by atoms with Gasteiger partial charge >= 0.3 is 0 Å². The van der Waals surface area contributed by atoms with Gasteiger partial charge in [-0.1, -0.05) is 23.7 Å². The van der Waals surface area contributed by atoms with Crippen LogP contribution in [0.5, 0.6) is 5.75 Å². The van der Waals surface area contributed by atoms with Crippen molar-refractivity contribution in [3.63, 3.8) is 0 Å². The average molecular weight is 443 g/mol. The predicted molar refractivity (Wildman–Crippen MR) is 116 cm³/mol. The Morgan fingerprint density at radius 1 is 1.19 bits per heavy atom. The van der Waals surface area contributed by atoms with Gasteiger partial charge in [-0.05, 0) is 30.7 Å². The molecule has 0 spiro atoms. The Balaban J connectivity index is 1.64. The number of nitro benzene ring substituents is 1. The van der Waals surface area contributed by atoms with Crippen molar-refractivity contribution in [2.45, 2.75) is 19.4 Å². The fourth-order valence-electron chi connectivity index (χ4n) is 2.89. The van der Waals surface area contributed by atoms with Gasteiger partial charge in [0.2, 0.25) is 5.91 Å². The van der Waals surface area contributed by atoms with Crippen molar-refractivity contribution in [2.75, 3.05) is 12.4 Å². The molecule has 0 aliphatic rings. The number of aryl methyl sites for hydroxylation is 1. The molecule has 0 unspecified atom stereocenters. The molecule has 160 valence electrons. The van der Waals surface area contributed by atoms with Gasteiger partial charge in [0, 0.05) is 41.8 Å². The second kappa shape index (κ2) is 9.86. The van der Waals surface area contributed by atoms with Crippen LogP contribution in [0, 0.1) is 10.1 Å². The van der Waals surface area contributed by atoms with E-state index in [1.807, 2.05) is 0 Å². The number of nitrogens with zero attached hydrogens (tertiary/aromatic N) is 3. The summed E-state index contributed by atoms with van der Waals surface area (Å²) < 4.78 is 6.43. The first-order valence-corrected chi connectivity index (χ1v) is 9.71. The quantitative estimate of drug-likeness (QED) is 0.417. The summed E-state index contributed by atoms with van der Waals surface area (Å²) in [6.45, 7) is 0.236. The number of hydrogen-bond donors (Lipinski definition) is 1. The monoisotopic (exact) mass is 442 g/mol. The Morgan fingerprint density at radius 2 is 1.94 bits per heavy atom. The van der Waals surface area contributed by atoms with Gasteiger partial charge in [-0.3, -0.25) is 19.7 Å². The number of aromatic nitrogens is 2. The van der Waals surface area contributed by atoms with Crippen molar-refractivity contribution in [2.24, 2.45) is 0 Å². The highest BCUT2D eigenvalue weighted by Gasteiger charge is 2.14. The molecule has 0 saturated carbocycles. The van der Waals surface area contributed by atoms with E-state index in [9.17, 15) is 19.7 Å². The van der Waals surface area contributed by atoms with Gasteiger partial charge < -0.3 is 10.1 Å². The zero-order valence-corrected chi connectivity index (χ0v) is 17.3. The topological polar surface area (TPSA) is 116 Å². The molecule has 0 bridgehead atoms. The molecule has 0 radical (unpaired) electrons. The van der Waals surface area contributed by atoms with Crippen LogP contribution < -0.4 is 15.6 Å². The van der Waals surface area contributed by atoms with Crippen LogP contribution in [-0.2, 0) is 11.3 Å². The third-order valence-electron chi connectivity index (χ3n) is 4.45. The Morgan fingerprint density at radius 3 is 2.61 bits per heavy atom. The third kappa shape index (κ3) is 5.67. The highest BCUT2D eigenvalue weighted by atomic mass is 35.5. The van der Waals surface area contributed by atoms with Crippen LogP contribution in [0.3, 0.4) is 0 Å². The number of ether oxygens (including phenoxy) is 1. The SMILES string of the molecule is COc1ccc([N+](=O)[O-])cc1NC(=O)CCCn1nc(-c2ccc(Cl)cc2)ccc1=O. The number of rotatable bonds is 8. The number of nitro groups is 1. The highest BCUT2D eigenvalue weighted by molar-refractivity contribution is 6.30. The zero-order valence-electron chi connectivity index (χ0n) is 16.6. The van der Waals surface area contributed by atoms with Crippen LogP contribution in [0.15, 0.2) is 59.4 Å². The molecule has 10 heteroatoms. The predicted octanol–water partition coefficient (Wildman–Crippen LogP) is 3.90. The first-order valence-electron chi connectivity index (χ1n) is 9.34. The van der Waals surface area contributed by atoms with E-state index in [1.54, 1.807) is 30.3 Å². The standard InChI is InChI=1S/C21H19ClN4O5/c1-31-19-10-8-16(26(29)30)13-18(19)23-20(27)3-2-12-25-21(28)11-9-17(24-25)14-4-6-15(22)7-5-14/h4-11,13H,2-3,12H2,1H3,(H,23,27). The molecule has 9 nitrogen and oxygen atoms in total. The average Bonchev–Trinajstić information content (AvgIpc) is 2.75. The lowest BCUT2D eigenvalue weighted by Gasteiger charge is -2.10. The van der Waals surface area contributed by atoms with Gasteiger partial charge in [0.05, 0.1) is 23.4 Å². The van der Waals surface area contributed by atoms with E-state index in [0.717, 1.165) is 5.56 Å². The molecule has 0 fully saturated rings. The minimum atomic E-state index is -0.555. The number of hydrogen-bond acceptors (Lipinski definition) is 6. The Labute approximate surface area is 182 Å². The lowest BCUT2D eigenvalue weighted by Crippen LogP contribution is -2.23. The van der Waals surface area contributed by atoms with Crippen LogP contribution in [0.4, 0.5) is 11.4 Å². The number of amides is 1. The van der Waals surface area contributed by atoms with Crippen molar-refractivity contribution in [3.05, 3.63) is 80.1 Å². The fourth-order valence-corrected chi connectivity index (χ4v) is 3.02. The van der Waals surface area contributed by atoms with Crippen LogP contribution >= 0.6 is 11.6 Å². The van der Waals surface area contributed by atoms with Gasteiger partial charge in [-0.15, -0.1) is 0 Å². The smallest absolute Gasteiger partial charge is 0.271 e. The molecule has 3 rings (SSSR count). The fraction of sp³-hybridized carbons (Fsp3) is 0.190. The summed E-state index contributed by atoms with van der Waals surface area (Å²) in [6.07, 6.45) is 0.436. The van der Waals surface area contributed by atoms with Crippen LogP contribution in [0.25, 0.3) is 11.3 Å². The molecule has 0 aliphatic heterocycles. The maximum atomic E-state index is 12.3. The number of carbonyl (C=O) groups is 1. The van der Waals surface area contributed by atoms with Gasteiger partial charge in [0.25, 0.3) is 11.2 Å². The van der Waals surface area contributed by atoms with Crippen molar-refractivity contribution in [1.29, 1.82) is 0 Å². The number of benzene rings is 2. The zero-order chi connectivity index (χ0) is 22.4. The molecule has 0 aliphatic carbocycles. The summed E-state index contributed by atoms with van der Waals surface area (Å²) >= 11 is 5.90. The molecule has 1 N–H and O–H groups in total. The Kier molecular flexibility index (Phi) is 6.99. The molecule has 1 aromatic heterocycles. The number of halogens is 1. The van der Waals surface area contributed by atoms with Gasteiger partial charge in [0.15, 0.2) is 0 Å². The third-order valence-corrected chi connectivity index (χ3v) is 4.70. The minimum absolute atomic E-state index is 0.0884. The van der Waals surface area contributed by atoms with E-state index in [2.05, 4.69) is 10.4 Å². The summed E-state index contributed by atoms with van der Waals surface area (Å²) in [4.78, 5) is 34.8. The number of anilines is 1. The van der Waals surface area contributed by atoms with E-state index in [4.69, 9.17) is 16.3 Å². The largest absolute Gasteiger partial charge is 0.495 e. The summed E-state index contributed by atoms with van der Waals surface area (Å²) in [5.41, 5.74) is 1.20. The summed E-state index contributed by atoms with van der Waals surface area (Å²) in [5, 5.41) is 18.5. The molecule has 1 amide bonds. The van der Waals surface area contributed by atoms with Crippen LogP contribution in [-0.4, -0.2) is 27.7 Å². The van der Waals surface area contributed by atoms with E-state index in [1.165, 1.54) is 36.1 Å². The number of methoxy groups -OCH3 is 1. The number of nitrogens with one attached hydrogen (secondary N) is 1. The minimum Gasteiger partial charge on any atom is -0.495 e. The summed E-state index contributed by atoms with van der Waals surface area (Å²) in [6, 6.07) is 14.1. The molecular weight excluding hydrogens is 424 g/mol. The lowest BCUT2D eigenvalue weighted by molar-refractivity contribution is -0.384. The number of non-ortho nitro benzene ring substituents is 1. The first-order chi connectivity index (χ1) is 14.9. The molecular formula is C21H19ClN4O5. The van der Waals surface area contributed by atoms with Crippen molar-refractivity contribution >= 4 is 28.9 Å². The second-order valence-electron chi connectivity index (χ2n) is 6.58. The van der Waals surface area contributed by atoms with E-state index in [0.29, 0.717) is 22.9 Å². The molecule has 1 heterocycles. The van der Waals surface area contributed by atoms with Gasteiger partial charge in [0.1, 0.15) is 5.75 Å². The van der Waals surface area contributed by atoms with E-state index >= 15 is 0 Å². The Bertz CT molecular complexity index is 1160. The van der Waals surface area contributed by atoms with Crippen LogP contribution in [0.2, 0.25) is 5.02 Å². The maximum Gasteiger partial charge on any atom is 0.271 e. The molecule has 0 saturated heterocycles. The van der Waals surface area contributed by atoms with E-state index < -0.39 is 4.92 Å². The summed E-state index contributed by atoms with van der Waals surface area (Å²) in [5.74, 6) is -0.0480. The Hall–Kier alpha value is -3.72. The van der Waals surface area contributed by atoms with Gasteiger partial charge in [-0.25, -0.2) is 4.68 Å². The molecule has 31 heavy (non-hydrogen) atoms. The van der Waals surface area contributed by atoms with Gasteiger partial charge in [-0.2, -0.15) is 5.10 Å². The van der Waals surface area contributed by atoms with E-state index in [-0.39, 0.29) is 35.8 Å². The van der Waals surface area contributed by atoms with Crippen molar-refractivity contribution < 1.29 is 14.5 Å². The summed E-state index contributed by atoms with van der Waals surface area (Å²) in [7, 11) is 1.41. The van der Waals surface area contributed by atoms with Crippen LogP contribution in [0.1, 0.15) is 12.8 Å². The highest BCUT2D eigenvalue weighted by Crippen LogP contribution is 2.29. The normalized spacial score (nSPS) is 10.5. The van der Waals surface area contributed by atoms with Crippen molar-refractivity contribution in [3.8, 4) is 17.0 Å². The maximum absolute atomic E-state index is 12.3. The number of carbonyl (C=O) groups excluding carboxylic acids is 1. The van der Waals surface area contributed by atoms with Crippen molar-refractivity contribution in [1.82, 2.24) is 9.78 Å². The second-order valence-corrected chi connectivity index (χ2v) is 7.02. The molecule has 3 aromatic rings. The molecule has 2 aromatic carbocycles. The lowest BCUT2D eigenvalue weighted by atomic mass is 10.1. The molecule has 0 atom stereocenters. The first kappa shape index (κ1) is 22.0.